The van der Waals surface area contributed by atoms with Crippen LogP contribution < -0.4 is 10.2 Å². The highest BCUT2D eigenvalue weighted by Gasteiger charge is 2.43. The Balaban J connectivity index is 1.62. The minimum atomic E-state index is -4.45. The lowest BCUT2D eigenvalue weighted by Crippen LogP contribution is -2.62. The fourth-order valence-electron chi connectivity index (χ4n) is 4.66. The molecule has 33 heavy (non-hydrogen) atoms. The van der Waals surface area contributed by atoms with Crippen LogP contribution in [-0.4, -0.2) is 48.9 Å². The summed E-state index contributed by atoms with van der Waals surface area (Å²) in [6.45, 7) is 5.72. The standard InChI is InChI=1S/C24H28F3N3O3/c1-15(2)7-8-28-22(31)18-13-16-12-17(24(25,26)27)5-6-19(16)30-10-9-29(14-20(18)30)23(32)21-4-3-11-33-21/h3-6,11-12,15,18,20H,7-10,13-14H2,1-2H3,(H,28,31)/t18-,20-/m0/s1. The Morgan fingerprint density at radius 1 is 1.21 bits per heavy atom. The van der Waals surface area contributed by atoms with Gasteiger partial charge in [-0.15, -0.1) is 0 Å². The molecule has 0 aliphatic carbocycles. The van der Waals surface area contributed by atoms with Crippen LogP contribution in [0.2, 0.25) is 0 Å². The molecule has 1 aromatic carbocycles. The number of benzene rings is 1. The molecule has 1 saturated heterocycles. The van der Waals surface area contributed by atoms with E-state index in [1.807, 2.05) is 4.90 Å². The number of nitrogens with zero attached hydrogens (tertiary/aromatic N) is 2. The van der Waals surface area contributed by atoms with Crippen LogP contribution >= 0.6 is 0 Å². The highest BCUT2D eigenvalue weighted by Crippen LogP contribution is 2.40. The number of furan rings is 1. The zero-order valence-corrected chi connectivity index (χ0v) is 18.7. The molecular weight excluding hydrogens is 435 g/mol. The fraction of sp³-hybridized carbons (Fsp3) is 0.500. The normalized spacial score (nSPS) is 20.4. The highest BCUT2D eigenvalue weighted by molar-refractivity contribution is 5.92. The molecule has 1 aromatic heterocycles. The number of carbonyl (C=O) groups excluding carboxylic acids is 2. The van der Waals surface area contributed by atoms with Gasteiger partial charge in [0.05, 0.1) is 23.8 Å². The molecule has 0 radical (unpaired) electrons. The molecule has 1 fully saturated rings. The monoisotopic (exact) mass is 463 g/mol. The van der Waals surface area contributed by atoms with E-state index >= 15 is 0 Å². The molecule has 2 atom stereocenters. The van der Waals surface area contributed by atoms with Crippen molar-refractivity contribution in [3.63, 3.8) is 0 Å². The summed E-state index contributed by atoms with van der Waals surface area (Å²) in [5, 5.41) is 2.95. The number of alkyl halides is 3. The maximum absolute atomic E-state index is 13.3. The van der Waals surface area contributed by atoms with E-state index in [-0.39, 0.29) is 30.0 Å². The van der Waals surface area contributed by atoms with Gasteiger partial charge in [-0.25, -0.2) is 0 Å². The Morgan fingerprint density at radius 3 is 2.67 bits per heavy atom. The minimum absolute atomic E-state index is 0.191. The third-order valence-corrected chi connectivity index (χ3v) is 6.42. The Morgan fingerprint density at radius 2 is 2.00 bits per heavy atom. The Kier molecular flexibility index (Phi) is 6.41. The van der Waals surface area contributed by atoms with E-state index in [2.05, 4.69) is 19.2 Å². The molecule has 6 nitrogen and oxygen atoms in total. The van der Waals surface area contributed by atoms with E-state index in [1.54, 1.807) is 17.0 Å². The van der Waals surface area contributed by atoms with Gasteiger partial charge in [-0.3, -0.25) is 9.59 Å². The van der Waals surface area contributed by atoms with Crippen molar-refractivity contribution in [1.29, 1.82) is 0 Å². The third-order valence-electron chi connectivity index (χ3n) is 6.42. The second-order valence-electron chi connectivity index (χ2n) is 9.11. The molecule has 0 unspecified atom stereocenters. The first-order chi connectivity index (χ1) is 15.6. The van der Waals surface area contributed by atoms with Crippen LogP contribution in [0.3, 0.4) is 0 Å². The average molecular weight is 464 g/mol. The first-order valence-corrected chi connectivity index (χ1v) is 11.2. The summed E-state index contributed by atoms with van der Waals surface area (Å²) in [6, 6.07) is 6.63. The summed E-state index contributed by atoms with van der Waals surface area (Å²) in [7, 11) is 0. The maximum atomic E-state index is 13.3. The molecule has 2 aromatic rings. The number of hydrogen-bond acceptors (Lipinski definition) is 4. The Bertz CT molecular complexity index is 1000. The molecule has 0 saturated carbocycles. The van der Waals surface area contributed by atoms with Crippen molar-refractivity contribution >= 4 is 17.5 Å². The molecule has 0 bridgehead atoms. The summed E-state index contributed by atoms with van der Waals surface area (Å²) in [4.78, 5) is 29.6. The molecular formula is C24H28F3N3O3. The van der Waals surface area contributed by atoms with Gasteiger partial charge in [0.15, 0.2) is 5.76 Å². The van der Waals surface area contributed by atoms with Crippen molar-refractivity contribution in [2.24, 2.45) is 11.8 Å². The quantitative estimate of drug-likeness (QED) is 0.729. The summed E-state index contributed by atoms with van der Waals surface area (Å²) in [5.41, 5.74) is 0.491. The van der Waals surface area contributed by atoms with Gasteiger partial charge in [-0.2, -0.15) is 13.2 Å². The lowest BCUT2D eigenvalue weighted by molar-refractivity contribution is -0.137. The van der Waals surface area contributed by atoms with Gasteiger partial charge in [-0.05, 0) is 54.7 Å². The summed E-state index contributed by atoms with van der Waals surface area (Å²) in [6.07, 6.45) is -2.01. The van der Waals surface area contributed by atoms with Crippen molar-refractivity contribution in [3.05, 3.63) is 53.5 Å². The summed E-state index contributed by atoms with van der Waals surface area (Å²) in [5.74, 6) is -0.370. The number of amides is 2. The largest absolute Gasteiger partial charge is 0.459 e. The van der Waals surface area contributed by atoms with Crippen molar-refractivity contribution < 1.29 is 27.2 Å². The van der Waals surface area contributed by atoms with E-state index in [1.165, 1.54) is 12.3 Å². The van der Waals surface area contributed by atoms with Crippen LogP contribution in [-0.2, 0) is 17.4 Å². The zero-order valence-electron chi connectivity index (χ0n) is 18.7. The topological polar surface area (TPSA) is 65.8 Å². The van der Waals surface area contributed by atoms with Gasteiger partial charge in [0.2, 0.25) is 5.91 Å². The van der Waals surface area contributed by atoms with Crippen LogP contribution in [0.4, 0.5) is 18.9 Å². The number of fused-ring (bicyclic) bond motifs is 3. The molecule has 2 aliphatic rings. The number of hydrogen-bond donors (Lipinski definition) is 1. The first-order valence-electron chi connectivity index (χ1n) is 11.2. The van der Waals surface area contributed by atoms with Crippen LogP contribution in [0.5, 0.6) is 0 Å². The summed E-state index contributed by atoms with van der Waals surface area (Å²) < 4.78 is 45.2. The lowest BCUT2D eigenvalue weighted by Gasteiger charge is -2.49. The van der Waals surface area contributed by atoms with Crippen LogP contribution in [0.15, 0.2) is 41.0 Å². The van der Waals surface area contributed by atoms with E-state index < -0.39 is 17.7 Å². The number of nitrogens with one attached hydrogen (secondary N) is 1. The van der Waals surface area contributed by atoms with Gasteiger partial charge in [0, 0.05) is 31.9 Å². The molecule has 4 rings (SSSR count). The number of anilines is 1. The van der Waals surface area contributed by atoms with E-state index in [0.717, 1.165) is 18.6 Å². The number of rotatable bonds is 5. The Labute approximate surface area is 190 Å². The molecule has 9 heteroatoms. The Hall–Kier alpha value is -2.97. The van der Waals surface area contributed by atoms with E-state index in [4.69, 9.17) is 4.42 Å². The van der Waals surface area contributed by atoms with Gasteiger partial charge in [0.1, 0.15) is 0 Å². The van der Waals surface area contributed by atoms with Gasteiger partial charge in [0.25, 0.3) is 5.91 Å². The van der Waals surface area contributed by atoms with Crippen LogP contribution in [0, 0.1) is 11.8 Å². The maximum Gasteiger partial charge on any atom is 0.416 e. The van der Waals surface area contributed by atoms with Crippen molar-refractivity contribution in [1.82, 2.24) is 10.2 Å². The van der Waals surface area contributed by atoms with Crippen molar-refractivity contribution in [2.75, 3.05) is 31.1 Å². The highest BCUT2D eigenvalue weighted by atomic mass is 19.4. The molecule has 1 N–H and O–H groups in total. The molecule has 3 heterocycles. The lowest BCUT2D eigenvalue weighted by atomic mass is 9.82. The SMILES string of the molecule is CC(C)CCNC(=O)[C@H]1Cc2cc(C(F)(F)F)ccc2N2CCN(C(=O)c3ccco3)C[C@@H]12. The second kappa shape index (κ2) is 9.11. The van der Waals surface area contributed by atoms with Crippen molar-refractivity contribution in [3.8, 4) is 0 Å². The average Bonchev–Trinajstić information content (AvgIpc) is 3.31. The third kappa shape index (κ3) is 4.86. The number of halogens is 3. The predicted molar refractivity (Wildman–Crippen MR) is 117 cm³/mol. The smallest absolute Gasteiger partial charge is 0.416 e. The van der Waals surface area contributed by atoms with Gasteiger partial charge in [-0.1, -0.05) is 13.8 Å². The predicted octanol–water partition coefficient (Wildman–Crippen LogP) is 3.96. The summed E-state index contributed by atoms with van der Waals surface area (Å²) >= 11 is 0. The van der Waals surface area contributed by atoms with E-state index in [9.17, 15) is 22.8 Å². The van der Waals surface area contributed by atoms with E-state index in [0.29, 0.717) is 43.3 Å². The van der Waals surface area contributed by atoms with Gasteiger partial charge >= 0.3 is 6.18 Å². The molecule has 2 amide bonds. The first kappa shape index (κ1) is 23.2. The molecule has 2 aliphatic heterocycles. The minimum Gasteiger partial charge on any atom is -0.459 e. The van der Waals surface area contributed by atoms with Gasteiger partial charge < -0.3 is 19.5 Å². The molecule has 178 valence electrons. The fourth-order valence-corrected chi connectivity index (χ4v) is 4.66. The van der Waals surface area contributed by atoms with Crippen LogP contribution in [0.25, 0.3) is 0 Å². The second-order valence-corrected chi connectivity index (χ2v) is 9.11. The number of piperazine rings is 1. The number of carbonyl (C=O) groups is 2. The van der Waals surface area contributed by atoms with Crippen molar-refractivity contribution in [2.45, 2.75) is 38.9 Å². The zero-order chi connectivity index (χ0) is 23.8. The van der Waals surface area contributed by atoms with Crippen LogP contribution in [0.1, 0.15) is 41.9 Å². The molecule has 0 spiro atoms.